The molecule has 2 unspecified atom stereocenters. The van der Waals surface area contributed by atoms with Gasteiger partial charge in [-0.1, -0.05) is 6.08 Å². The lowest BCUT2D eigenvalue weighted by molar-refractivity contribution is 0.320. The first-order chi connectivity index (χ1) is 6.13. The van der Waals surface area contributed by atoms with Crippen molar-refractivity contribution < 1.29 is 0 Å². The van der Waals surface area contributed by atoms with Crippen molar-refractivity contribution in [3.8, 4) is 6.07 Å². The Hall–Kier alpha value is -0.850. The fourth-order valence-electron chi connectivity index (χ4n) is 1.82. The molecule has 1 rings (SSSR count). The van der Waals surface area contributed by atoms with Gasteiger partial charge in [-0.2, -0.15) is 5.26 Å². The van der Waals surface area contributed by atoms with Crippen molar-refractivity contribution in [3.05, 3.63) is 12.7 Å². The van der Waals surface area contributed by atoms with Crippen LogP contribution in [0.5, 0.6) is 0 Å². The summed E-state index contributed by atoms with van der Waals surface area (Å²) in [5, 5.41) is 12.3. The average Bonchev–Trinajstić information content (AvgIpc) is 2.40. The van der Waals surface area contributed by atoms with Crippen LogP contribution in [0.1, 0.15) is 13.3 Å². The van der Waals surface area contributed by atoms with E-state index in [9.17, 15) is 0 Å². The third-order valence-corrected chi connectivity index (χ3v) is 2.71. The summed E-state index contributed by atoms with van der Waals surface area (Å²) in [7, 11) is 2.05. The third-order valence-electron chi connectivity index (χ3n) is 2.71. The van der Waals surface area contributed by atoms with Gasteiger partial charge in [-0.25, -0.2) is 0 Å². The number of nitrogens with zero attached hydrogens (tertiary/aromatic N) is 2. The second kappa shape index (κ2) is 3.91. The predicted molar refractivity (Wildman–Crippen MR) is 53.3 cm³/mol. The number of likely N-dealkylation sites (tertiary alicyclic amines) is 1. The molecule has 2 atom stereocenters. The standard InChI is InChI=1S/C10H17N3/c1-4-5-12-10(7-11)6-9(2)13(3)8-10/h4,9,12H,1,5-6,8H2,2-3H3. The molecule has 13 heavy (non-hydrogen) atoms. The Kier molecular flexibility index (Phi) is 3.07. The van der Waals surface area contributed by atoms with E-state index in [1.807, 2.05) is 0 Å². The summed E-state index contributed by atoms with van der Waals surface area (Å²) in [6, 6.07) is 2.86. The first-order valence-electron chi connectivity index (χ1n) is 4.61. The van der Waals surface area contributed by atoms with E-state index in [4.69, 9.17) is 5.26 Å². The van der Waals surface area contributed by atoms with Gasteiger partial charge in [-0.15, -0.1) is 6.58 Å². The van der Waals surface area contributed by atoms with Crippen molar-refractivity contribution >= 4 is 0 Å². The number of likely N-dealkylation sites (N-methyl/N-ethyl adjacent to an activating group) is 1. The van der Waals surface area contributed by atoms with E-state index in [1.54, 1.807) is 6.08 Å². The average molecular weight is 179 g/mol. The molecule has 0 aliphatic carbocycles. The lowest BCUT2D eigenvalue weighted by Crippen LogP contribution is -2.45. The molecular weight excluding hydrogens is 162 g/mol. The predicted octanol–water partition coefficient (Wildman–Crippen LogP) is 0.748. The fraction of sp³-hybridized carbons (Fsp3) is 0.700. The van der Waals surface area contributed by atoms with Crippen molar-refractivity contribution in [2.24, 2.45) is 0 Å². The molecule has 1 heterocycles. The summed E-state index contributed by atoms with van der Waals surface area (Å²) >= 11 is 0. The van der Waals surface area contributed by atoms with Crippen LogP contribution in [0.4, 0.5) is 0 Å². The summed E-state index contributed by atoms with van der Waals surface area (Å²) in [5.41, 5.74) is -0.359. The van der Waals surface area contributed by atoms with Crippen LogP contribution in [0, 0.1) is 11.3 Å². The first-order valence-corrected chi connectivity index (χ1v) is 4.61. The highest BCUT2D eigenvalue weighted by molar-refractivity contribution is 5.14. The Bertz CT molecular complexity index is 219. The highest BCUT2D eigenvalue weighted by Crippen LogP contribution is 2.24. The zero-order chi connectivity index (χ0) is 9.90. The zero-order valence-corrected chi connectivity index (χ0v) is 8.38. The van der Waals surface area contributed by atoms with E-state index >= 15 is 0 Å². The fourth-order valence-corrected chi connectivity index (χ4v) is 1.82. The second-order valence-corrected chi connectivity index (χ2v) is 3.83. The number of rotatable bonds is 3. The maximum atomic E-state index is 9.11. The largest absolute Gasteiger partial charge is 0.301 e. The molecule has 0 aromatic carbocycles. The van der Waals surface area contributed by atoms with Crippen LogP contribution in [-0.2, 0) is 0 Å². The summed E-state index contributed by atoms with van der Waals surface area (Å²) in [4.78, 5) is 2.21. The maximum absolute atomic E-state index is 9.11. The van der Waals surface area contributed by atoms with Crippen LogP contribution in [0.15, 0.2) is 12.7 Å². The molecule has 0 saturated carbocycles. The van der Waals surface area contributed by atoms with E-state index in [2.05, 4.69) is 36.8 Å². The molecule has 1 fully saturated rings. The van der Waals surface area contributed by atoms with Crippen molar-refractivity contribution in [3.63, 3.8) is 0 Å². The summed E-state index contributed by atoms with van der Waals surface area (Å²) < 4.78 is 0. The van der Waals surface area contributed by atoms with Gasteiger partial charge in [0.25, 0.3) is 0 Å². The van der Waals surface area contributed by atoms with Gasteiger partial charge in [-0.3, -0.25) is 5.32 Å². The Morgan fingerprint density at radius 2 is 2.54 bits per heavy atom. The molecule has 72 valence electrons. The van der Waals surface area contributed by atoms with Gasteiger partial charge in [0, 0.05) is 19.1 Å². The molecule has 0 amide bonds. The van der Waals surface area contributed by atoms with Gasteiger partial charge in [0.1, 0.15) is 5.54 Å². The first kappa shape index (κ1) is 10.2. The molecule has 1 aliphatic heterocycles. The van der Waals surface area contributed by atoms with E-state index in [0.29, 0.717) is 12.6 Å². The van der Waals surface area contributed by atoms with Gasteiger partial charge < -0.3 is 4.90 Å². The van der Waals surface area contributed by atoms with Crippen LogP contribution in [0.3, 0.4) is 0 Å². The quantitative estimate of drug-likeness (QED) is 0.650. The molecule has 1 aliphatic rings. The van der Waals surface area contributed by atoms with E-state index < -0.39 is 0 Å². The zero-order valence-electron chi connectivity index (χ0n) is 8.38. The lowest BCUT2D eigenvalue weighted by Gasteiger charge is -2.21. The minimum atomic E-state index is -0.359. The van der Waals surface area contributed by atoms with Crippen LogP contribution in [0.2, 0.25) is 0 Å². The SMILES string of the molecule is C=CCNC1(C#N)CC(C)N(C)C1. The number of nitrogens with one attached hydrogen (secondary N) is 1. The lowest BCUT2D eigenvalue weighted by atomic mass is 9.98. The monoisotopic (exact) mass is 179 g/mol. The van der Waals surface area contributed by atoms with Crippen molar-refractivity contribution in [2.75, 3.05) is 20.1 Å². The highest BCUT2D eigenvalue weighted by atomic mass is 15.2. The van der Waals surface area contributed by atoms with Crippen LogP contribution in [-0.4, -0.2) is 36.6 Å². The maximum Gasteiger partial charge on any atom is 0.121 e. The molecule has 0 bridgehead atoms. The third kappa shape index (κ3) is 2.09. The normalized spacial score (nSPS) is 34.4. The topological polar surface area (TPSA) is 39.1 Å². The van der Waals surface area contributed by atoms with E-state index in [0.717, 1.165) is 13.0 Å². The van der Waals surface area contributed by atoms with Gasteiger partial charge in [0.2, 0.25) is 0 Å². The Balaban J connectivity index is 2.63. The Morgan fingerprint density at radius 1 is 1.85 bits per heavy atom. The van der Waals surface area contributed by atoms with Crippen LogP contribution in [0.25, 0.3) is 0 Å². The number of hydrogen-bond donors (Lipinski definition) is 1. The van der Waals surface area contributed by atoms with Crippen molar-refractivity contribution in [1.82, 2.24) is 10.2 Å². The highest BCUT2D eigenvalue weighted by Gasteiger charge is 2.40. The van der Waals surface area contributed by atoms with E-state index in [1.165, 1.54) is 0 Å². The van der Waals surface area contributed by atoms with Gasteiger partial charge in [0.15, 0.2) is 0 Å². The van der Waals surface area contributed by atoms with Gasteiger partial charge >= 0.3 is 0 Å². The summed E-state index contributed by atoms with van der Waals surface area (Å²) in [6.07, 6.45) is 2.69. The van der Waals surface area contributed by atoms with E-state index in [-0.39, 0.29) is 5.54 Å². The number of hydrogen-bond acceptors (Lipinski definition) is 3. The van der Waals surface area contributed by atoms with Crippen LogP contribution < -0.4 is 5.32 Å². The minimum Gasteiger partial charge on any atom is -0.301 e. The number of nitriles is 1. The smallest absolute Gasteiger partial charge is 0.121 e. The molecule has 3 heteroatoms. The van der Waals surface area contributed by atoms with Crippen LogP contribution >= 0.6 is 0 Å². The molecule has 3 nitrogen and oxygen atoms in total. The van der Waals surface area contributed by atoms with Gasteiger partial charge in [-0.05, 0) is 20.4 Å². The Labute approximate surface area is 80.0 Å². The molecule has 1 saturated heterocycles. The molecule has 1 N–H and O–H groups in total. The molecule has 0 spiro atoms. The molecule has 0 aromatic heterocycles. The second-order valence-electron chi connectivity index (χ2n) is 3.83. The minimum absolute atomic E-state index is 0.359. The molecule has 0 aromatic rings. The molecule has 0 radical (unpaired) electrons. The molecular formula is C10H17N3. The van der Waals surface area contributed by atoms with Crippen molar-refractivity contribution in [1.29, 1.82) is 5.26 Å². The summed E-state index contributed by atoms with van der Waals surface area (Å²) in [6.45, 7) is 7.29. The Morgan fingerprint density at radius 3 is 2.92 bits per heavy atom. The van der Waals surface area contributed by atoms with Crippen molar-refractivity contribution in [2.45, 2.75) is 24.9 Å². The summed E-state index contributed by atoms with van der Waals surface area (Å²) in [5.74, 6) is 0. The van der Waals surface area contributed by atoms with Gasteiger partial charge in [0.05, 0.1) is 6.07 Å².